The van der Waals surface area contributed by atoms with Crippen LogP contribution in [0.1, 0.15) is 6.42 Å². The molecule has 1 aromatic carbocycles. The van der Waals surface area contributed by atoms with E-state index in [4.69, 9.17) is 26.8 Å². The molecule has 0 unspecified atom stereocenters. The quantitative estimate of drug-likeness (QED) is 0.644. The lowest BCUT2D eigenvalue weighted by atomic mass is 10.2. The average Bonchev–Trinajstić information content (AvgIpc) is 2.31. The molecule has 2 N–H and O–H groups in total. The van der Waals surface area contributed by atoms with Crippen LogP contribution >= 0.6 is 11.6 Å². The van der Waals surface area contributed by atoms with Crippen molar-refractivity contribution in [1.82, 2.24) is 0 Å². The zero-order valence-corrected chi connectivity index (χ0v) is 9.99. The zero-order chi connectivity index (χ0) is 12.4. The van der Waals surface area contributed by atoms with Crippen LogP contribution in [0.25, 0.3) is 0 Å². The highest BCUT2D eigenvalue weighted by atomic mass is 35.5. The van der Waals surface area contributed by atoms with Gasteiger partial charge in [0.05, 0.1) is 24.2 Å². The molecule has 6 heteroatoms. The molecule has 17 heavy (non-hydrogen) atoms. The number of hydrogen-bond acceptors (Lipinski definition) is 5. The summed E-state index contributed by atoms with van der Waals surface area (Å²) in [5.74, 6) is 0.681. The van der Waals surface area contributed by atoms with Gasteiger partial charge in [0, 0.05) is 12.1 Å². The lowest BCUT2D eigenvalue weighted by molar-refractivity contribution is -0.143. The van der Waals surface area contributed by atoms with Crippen LogP contribution < -0.4 is 15.2 Å². The van der Waals surface area contributed by atoms with E-state index in [0.29, 0.717) is 22.2 Å². The van der Waals surface area contributed by atoms with Gasteiger partial charge < -0.3 is 19.9 Å². The summed E-state index contributed by atoms with van der Waals surface area (Å²) in [6.07, 6.45) is -0.229. The number of esters is 1. The van der Waals surface area contributed by atoms with Gasteiger partial charge in [-0.3, -0.25) is 4.79 Å². The summed E-state index contributed by atoms with van der Waals surface area (Å²) in [7, 11) is 1.33. The van der Waals surface area contributed by atoms with Crippen LogP contribution in [0.3, 0.4) is 0 Å². The molecule has 0 amide bonds. The first-order valence-electron chi connectivity index (χ1n) is 5.05. The summed E-state index contributed by atoms with van der Waals surface area (Å²) in [5.41, 5.74) is 6.07. The third kappa shape index (κ3) is 2.55. The number of anilines is 1. The number of nitrogens with two attached hydrogens (primary N) is 1. The molecule has 0 fully saturated rings. The van der Waals surface area contributed by atoms with Gasteiger partial charge in [0.15, 0.2) is 11.5 Å². The Morgan fingerprint density at radius 2 is 2.35 bits per heavy atom. The summed E-state index contributed by atoms with van der Waals surface area (Å²) in [4.78, 5) is 11.1. The van der Waals surface area contributed by atoms with Crippen LogP contribution in [-0.2, 0) is 9.53 Å². The topological polar surface area (TPSA) is 70.8 Å². The maximum Gasteiger partial charge on any atom is 0.309 e. The second kappa shape index (κ2) is 4.71. The van der Waals surface area contributed by atoms with Gasteiger partial charge in [-0.1, -0.05) is 11.6 Å². The number of methoxy groups -OCH3 is 1. The molecule has 92 valence electrons. The molecule has 0 saturated carbocycles. The fourth-order valence-corrected chi connectivity index (χ4v) is 1.68. The Morgan fingerprint density at radius 1 is 1.59 bits per heavy atom. The average molecular weight is 258 g/mol. The Kier molecular flexibility index (Phi) is 3.28. The van der Waals surface area contributed by atoms with Crippen molar-refractivity contribution in [3.63, 3.8) is 0 Å². The molecule has 1 aliphatic heterocycles. The highest BCUT2D eigenvalue weighted by Crippen LogP contribution is 2.38. The standard InChI is InChI=1S/C11H12ClNO4/c1-15-11(14)2-6-5-16-9-4-8(13)7(12)3-10(9)17-6/h3-4,6H,2,5,13H2,1H3/t6-/m1/s1. The molecular weight excluding hydrogens is 246 g/mol. The lowest BCUT2D eigenvalue weighted by Gasteiger charge is -2.26. The Bertz CT molecular complexity index is 449. The van der Waals surface area contributed by atoms with E-state index < -0.39 is 0 Å². The molecule has 1 aromatic rings. The van der Waals surface area contributed by atoms with E-state index >= 15 is 0 Å². The van der Waals surface area contributed by atoms with Crippen molar-refractivity contribution in [2.45, 2.75) is 12.5 Å². The highest BCUT2D eigenvalue weighted by Gasteiger charge is 2.24. The Labute approximate surface area is 103 Å². The van der Waals surface area contributed by atoms with Gasteiger partial charge in [0.2, 0.25) is 0 Å². The summed E-state index contributed by atoms with van der Waals surface area (Å²) >= 11 is 5.87. The Morgan fingerprint density at radius 3 is 3.06 bits per heavy atom. The van der Waals surface area contributed by atoms with Gasteiger partial charge in [0.1, 0.15) is 12.7 Å². The Hall–Kier alpha value is -1.62. The van der Waals surface area contributed by atoms with Crippen molar-refractivity contribution >= 4 is 23.3 Å². The number of carbonyl (C=O) groups excluding carboxylic acids is 1. The number of halogens is 1. The molecule has 1 atom stereocenters. The van der Waals surface area contributed by atoms with Crippen LogP contribution in [0.5, 0.6) is 11.5 Å². The van der Waals surface area contributed by atoms with Crippen molar-refractivity contribution in [3.05, 3.63) is 17.2 Å². The monoisotopic (exact) mass is 257 g/mol. The molecule has 1 heterocycles. The summed E-state index contributed by atoms with van der Waals surface area (Å²) < 4.78 is 15.6. The number of benzene rings is 1. The number of nitrogen functional groups attached to an aromatic ring is 1. The molecule has 0 aromatic heterocycles. The van der Waals surface area contributed by atoms with Crippen molar-refractivity contribution < 1.29 is 19.0 Å². The molecule has 2 rings (SSSR count). The van der Waals surface area contributed by atoms with Crippen LogP contribution in [0, 0.1) is 0 Å². The van der Waals surface area contributed by atoms with Crippen molar-refractivity contribution in [3.8, 4) is 11.5 Å². The second-order valence-corrected chi connectivity index (χ2v) is 4.06. The lowest BCUT2D eigenvalue weighted by Crippen LogP contribution is -2.31. The summed E-state index contributed by atoms with van der Waals surface area (Å²) in [6, 6.07) is 3.18. The zero-order valence-electron chi connectivity index (χ0n) is 9.23. The third-order valence-corrected chi connectivity index (χ3v) is 2.73. The molecule has 0 aliphatic carbocycles. The van der Waals surface area contributed by atoms with E-state index in [0.717, 1.165) is 0 Å². The molecule has 0 bridgehead atoms. The van der Waals surface area contributed by atoms with Gasteiger partial charge in [-0.25, -0.2) is 0 Å². The molecule has 1 aliphatic rings. The fraction of sp³-hybridized carbons (Fsp3) is 0.364. The van der Waals surface area contributed by atoms with Crippen LogP contribution in [0.4, 0.5) is 5.69 Å². The first-order valence-corrected chi connectivity index (χ1v) is 5.43. The number of rotatable bonds is 2. The minimum atomic E-state index is -0.366. The fourth-order valence-electron chi connectivity index (χ4n) is 1.52. The maximum atomic E-state index is 11.1. The predicted molar refractivity (Wildman–Crippen MR) is 62.4 cm³/mol. The van der Waals surface area contributed by atoms with E-state index in [2.05, 4.69) is 4.74 Å². The molecule has 5 nitrogen and oxygen atoms in total. The second-order valence-electron chi connectivity index (χ2n) is 3.65. The van der Waals surface area contributed by atoms with E-state index in [1.165, 1.54) is 7.11 Å². The predicted octanol–water partition coefficient (Wildman–Crippen LogP) is 1.63. The van der Waals surface area contributed by atoms with Crippen molar-refractivity contribution in [2.24, 2.45) is 0 Å². The number of ether oxygens (including phenoxy) is 3. The van der Waals surface area contributed by atoms with E-state index in [-0.39, 0.29) is 25.1 Å². The summed E-state index contributed by atoms with van der Waals surface area (Å²) in [6.45, 7) is 0.281. The summed E-state index contributed by atoms with van der Waals surface area (Å²) in [5, 5.41) is 0.395. The number of carbonyl (C=O) groups is 1. The van der Waals surface area contributed by atoms with E-state index in [9.17, 15) is 4.79 Å². The number of fused-ring (bicyclic) bond motifs is 1. The first kappa shape index (κ1) is 11.9. The van der Waals surface area contributed by atoms with Gasteiger partial charge in [-0.15, -0.1) is 0 Å². The normalized spacial score (nSPS) is 17.6. The highest BCUT2D eigenvalue weighted by molar-refractivity contribution is 6.33. The van der Waals surface area contributed by atoms with Crippen molar-refractivity contribution in [1.29, 1.82) is 0 Å². The van der Waals surface area contributed by atoms with Crippen LogP contribution in [0.2, 0.25) is 5.02 Å². The van der Waals surface area contributed by atoms with Gasteiger partial charge in [-0.2, -0.15) is 0 Å². The van der Waals surface area contributed by atoms with Crippen LogP contribution in [-0.4, -0.2) is 25.8 Å². The number of hydrogen-bond donors (Lipinski definition) is 1. The Balaban J connectivity index is 2.13. The minimum absolute atomic E-state index is 0.137. The first-order chi connectivity index (χ1) is 8.10. The third-order valence-electron chi connectivity index (χ3n) is 2.40. The molecule has 0 radical (unpaired) electrons. The van der Waals surface area contributed by atoms with E-state index in [1.54, 1.807) is 12.1 Å². The largest absolute Gasteiger partial charge is 0.486 e. The van der Waals surface area contributed by atoms with E-state index in [1.807, 2.05) is 0 Å². The minimum Gasteiger partial charge on any atom is -0.486 e. The van der Waals surface area contributed by atoms with Gasteiger partial charge in [0.25, 0.3) is 0 Å². The van der Waals surface area contributed by atoms with Crippen molar-refractivity contribution in [2.75, 3.05) is 19.5 Å². The van der Waals surface area contributed by atoms with Crippen LogP contribution in [0.15, 0.2) is 12.1 Å². The van der Waals surface area contributed by atoms with Gasteiger partial charge in [-0.05, 0) is 0 Å². The smallest absolute Gasteiger partial charge is 0.309 e. The molecule has 0 saturated heterocycles. The maximum absolute atomic E-state index is 11.1. The SMILES string of the molecule is COC(=O)C[C@@H]1COc2cc(N)c(Cl)cc2O1. The van der Waals surface area contributed by atoms with Gasteiger partial charge >= 0.3 is 5.97 Å². The molecular formula is C11H12ClNO4. The molecule has 0 spiro atoms.